The second-order valence-corrected chi connectivity index (χ2v) is 8.76. The van der Waals surface area contributed by atoms with Crippen molar-refractivity contribution in [2.45, 2.75) is 23.0 Å². The Morgan fingerprint density at radius 1 is 1.08 bits per heavy atom. The number of rotatable bonds is 4. The molecular formula is C19H22N2O3S. The molecule has 0 saturated carbocycles. The van der Waals surface area contributed by atoms with Crippen molar-refractivity contribution in [1.82, 2.24) is 9.62 Å². The molecule has 2 aromatic rings. The average molecular weight is 358 g/mol. The van der Waals surface area contributed by atoms with Gasteiger partial charge in [0.05, 0.1) is 16.6 Å². The smallest absolute Gasteiger partial charge is 0.243 e. The van der Waals surface area contributed by atoms with Gasteiger partial charge in [-0.15, -0.1) is 0 Å². The summed E-state index contributed by atoms with van der Waals surface area (Å²) < 4.78 is 34.0. The van der Waals surface area contributed by atoms with Gasteiger partial charge in [0.15, 0.2) is 0 Å². The van der Waals surface area contributed by atoms with Crippen LogP contribution in [-0.2, 0) is 21.2 Å². The van der Waals surface area contributed by atoms with Crippen molar-refractivity contribution in [3.05, 3.63) is 66.2 Å². The number of benzene rings is 2. The molecule has 2 saturated heterocycles. The maximum absolute atomic E-state index is 13.1. The van der Waals surface area contributed by atoms with Gasteiger partial charge in [-0.1, -0.05) is 48.5 Å². The lowest BCUT2D eigenvalue weighted by atomic mass is 9.90. The van der Waals surface area contributed by atoms with E-state index in [4.69, 9.17) is 4.74 Å². The zero-order valence-electron chi connectivity index (χ0n) is 14.0. The minimum atomic E-state index is -3.51. The number of fused-ring (bicyclic) bond motifs is 2. The molecule has 5 nitrogen and oxygen atoms in total. The summed E-state index contributed by atoms with van der Waals surface area (Å²) in [6, 6.07) is 18.8. The van der Waals surface area contributed by atoms with Crippen LogP contribution in [0.3, 0.4) is 0 Å². The summed E-state index contributed by atoms with van der Waals surface area (Å²) >= 11 is 0. The minimum absolute atomic E-state index is 0.121. The first-order valence-corrected chi connectivity index (χ1v) is 9.99. The highest BCUT2D eigenvalue weighted by Gasteiger charge is 2.47. The standard InChI is InChI=1S/C19H22N2O3S/c22-25(23,18-9-5-2-6-10-18)21-13-17-12-20-14-19(15-21,24-17)11-16-7-3-1-4-8-16/h1-10,17,20H,11-15H2. The third-order valence-corrected chi connectivity index (χ3v) is 6.68. The normalized spacial score (nSPS) is 27.1. The zero-order chi connectivity index (χ0) is 17.3. The van der Waals surface area contributed by atoms with E-state index in [9.17, 15) is 8.42 Å². The SMILES string of the molecule is O=S(=O)(c1ccccc1)N1CC2CNCC(Cc3ccccc3)(C1)O2. The van der Waals surface area contributed by atoms with E-state index >= 15 is 0 Å². The van der Waals surface area contributed by atoms with Gasteiger partial charge in [0.1, 0.15) is 0 Å². The Kier molecular flexibility index (Phi) is 4.37. The highest BCUT2D eigenvalue weighted by atomic mass is 32.2. The molecule has 2 aromatic carbocycles. The second kappa shape index (κ2) is 6.53. The maximum atomic E-state index is 13.1. The fourth-order valence-electron chi connectivity index (χ4n) is 3.76. The molecule has 2 heterocycles. The van der Waals surface area contributed by atoms with Crippen LogP contribution in [0, 0.1) is 0 Å². The Bertz CT molecular complexity index is 826. The van der Waals surface area contributed by atoms with Gasteiger partial charge in [0.2, 0.25) is 10.0 Å². The summed E-state index contributed by atoms with van der Waals surface area (Å²) in [5.74, 6) is 0. The van der Waals surface area contributed by atoms with Crippen molar-refractivity contribution in [1.29, 1.82) is 0 Å². The van der Waals surface area contributed by atoms with E-state index in [0.29, 0.717) is 37.5 Å². The molecule has 2 aliphatic heterocycles. The molecule has 0 aromatic heterocycles. The van der Waals surface area contributed by atoms with Gasteiger partial charge < -0.3 is 10.1 Å². The number of hydrogen-bond acceptors (Lipinski definition) is 4. The molecule has 2 fully saturated rings. The van der Waals surface area contributed by atoms with Crippen LogP contribution in [0.15, 0.2) is 65.6 Å². The Morgan fingerprint density at radius 3 is 2.48 bits per heavy atom. The van der Waals surface area contributed by atoms with Crippen molar-refractivity contribution >= 4 is 10.0 Å². The third kappa shape index (κ3) is 3.35. The van der Waals surface area contributed by atoms with Crippen molar-refractivity contribution in [3.63, 3.8) is 0 Å². The average Bonchev–Trinajstić information content (AvgIpc) is 2.62. The van der Waals surface area contributed by atoms with Gasteiger partial charge in [-0.3, -0.25) is 0 Å². The van der Waals surface area contributed by atoms with Crippen molar-refractivity contribution in [2.75, 3.05) is 26.2 Å². The van der Waals surface area contributed by atoms with Crippen molar-refractivity contribution in [2.24, 2.45) is 0 Å². The fraction of sp³-hybridized carbons (Fsp3) is 0.368. The third-order valence-electron chi connectivity index (χ3n) is 4.86. The van der Waals surface area contributed by atoms with Crippen LogP contribution in [-0.4, -0.2) is 50.6 Å². The molecule has 2 unspecified atom stereocenters. The van der Waals surface area contributed by atoms with Crippen molar-refractivity contribution in [3.8, 4) is 0 Å². The van der Waals surface area contributed by atoms with Crippen LogP contribution < -0.4 is 5.32 Å². The Morgan fingerprint density at radius 2 is 1.76 bits per heavy atom. The van der Waals surface area contributed by atoms with Gasteiger partial charge in [-0.25, -0.2) is 8.42 Å². The number of hydrogen-bond donors (Lipinski definition) is 1. The fourth-order valence-corrected chi connectivity index (χ4v) is 5.33. The van der Waals surface area contributed by atoms with Gasteiger partial charge in [0, 0.05) is 32.6 Å². The predicted octanol–water partition coefficient (Wildman–Crippen LogP) is 1.66. The van der Waals surface area contributed by atoms with Crippen LogP contribution in [0.5, 0.6) is 0 Å². The maximum Gasteiger partial charge on any atom is 0.243 e. The lowest BCUT2D eigenvalue weighted by molar-refractivity contribution is -0.155. The van der Waals surface area contributed by atoms with E-state index in [1.54, 1.807) is 28.6 Å². The molecule has 0 amide bonds. The predicted molar refractivity (Wildman–Crippen MR) is 95.8 cm³/mol. The van der Waals surface area contributed by atoms with Crippen molar-refractivity contribution < 1.29 is 13.2 Å². The van der Waals surface area contributed by atoms with Gasteiger partial charge in [-0.2, -0.15) is 4.31 Å². The van der Waals surface area contributed by atoms with Crippen LogP contribution in [0.25, 0.3) is 0 Å². The van der Waals surface area contributed by atoms with Crippen LogP contribution in [0.2, 0.25) is 0 Å². The molecule has 25 heavy (non-hydrogen) atoms. The molecule has 1 N–H and O–H groups in total. The molecule has 0 radical (unpaired) electrons. The van der Waals surface area contributed by atoms with Gasteiger partial charge in [0.25, 0.3) is 0 Å². The highest BCUT2D eigenvalue weighted by molar-refractivity contribution is 7.89. The Hall–Kier alpha value is -1.73. The van der Waals surface area contributed by atoms with E-state index in [2.05, 4.69) is 17.4 Å². The van der Waals surface area contributed by atoms with Crippen LogP contribution in [0.1, 0.15) is 5.56 Å². The first-order chi connectivity index (χ1) is 12.1. The number of nitrogens with zero attached hydrogens (tertiary/aromatic N) is 1. The van der Waals surface area contributed by atoms with E-state index in [1.807, 2.05) is 24.3 Å². The molecule has 132 valence electrons. The number of ether oxygens (including phenoxy) is 1. The molecule has 6 heteroatoms. The van der Waals surface area contributed by atoms with Gasteiger partial charge >= 0.3 is 0 Å². The molecular weight excluding hydrogens is 336 g/mol. The second-order valence-electron chi connectivity index (χ2n) is 6.83. The molecule has 2 bridgehead atoms. The Balaban J connectivity index is 1.63. The molecule has 0 spiro atoms. The Labute approximate surface area is 148 Å². The zero-order valence-corrected chi connectivity index (χ0v) is 14.8. The van der Waals surface area contributed by atoms with Gasteiger partial charge in [-0.05, 0) is 17.7 Å². The monoisotopic (exact) mass is 358 g/mol. The lowest BCUT2D eigenvalue weighted by Crippen LogP contribution is -2.67. The summed E-state index contributed by atoms with van der Waals surface area (Å²) in [5, 5.41) is 3.41. The quantitative estimate of drug-likeness (QED) is 0.903. The molecule has 2 atom stereocenters. The van der Waals surface area contributed by atoms with Crippen LogP contribution >= 0.6 is 0 Å². The number of morpholine rings is 2. The summed E-state index contributed by atoms with van der Waals surface area (Å²) in [6.45, 7) is 2.08. The summed E-state index contributed by atoms with van der Waals surface area (Å²) in [5.41, 5.74) is 0.633. The van der Waals surface area contributed by atoms with E-state index in [0.717, 1.165) is 5.56 Å². The minimum Gasteiger partial charge on any atom is -0.366 e. The molecule has 2 aliphatic rings. The van der Waals surface area contributed by atoms with E-state index < -0.39 is 15.6 Å². The number of sulfonamides is 1. The van der Waals surface area contributed by atoms with Crippen LogP contribution in [0.4, 0.5) is 0 Å². The number of nitrogens with one attached hydrogen (secondary N) is 1. The largest absolute Gasteiger partial charge is 0.366 e. The topological polar surface area (TPSA) is 58.6 Å². The highest BCUT2D eigenvalue weighted by Crippen LogP contribution is 2.31. The first-order valence-electron chi connectivity index (χ1n) is 8.55. The summed E-state index contributed by atoms with van der Waals surface area (Å²) in [6.07, 6.45) is 0.572. The molecule has 4 rings (SSSR count). The molecule has 0 aliphatic carbocycles. The first kappa shape index (κ1) is 16.7. The summed E-state index contributed by atoms with van der Waals surface area (Å²) in [4.78, 5) is 0.345. The van der Waals surface area contributed by atoms with E-state index in [-0.39, 0.29) is 6.10 Å². The van der Waals surface area contributed by atoms with E-state index in [1.165, 1.54) is 0 Å². The lowest BCUT2D eigenvalue weighted by Gasteiger charge is -2.49. The summed E-state index contributed by atoms with van der Waals surface area (Å²) in [7, 11) is -3.51.